The molecule has 3 nitrogen and oxygen atoms in total. The molecule has 0 unspecified atom stereocenters. The van der Waals surface area contributed by atoms with E-state index in [-0.39, 0.29) is 17.8 Å². The smallest absolute Gasteiger partial charge is 0.239 e. The van der Waals surface area contributed by atoms with Crippen LogP contribution in [0.1, 0.15) is 31.7 Å². The van der Waals surface area contributed by atoms with Crippen LogP contribution in [0.15, 0.2) is 24.3 Å². The number of carbonyl (C=O) groups is 1. The van der Waals surface area contributed by atoms with Gasteiger partial charge >= 0.3 is 0 Å². The zero-order chi connectivity index (χ0) is 13.7. The van der Waals surface area contributed by atoms with E-state index in [1.807, 2.05) is 13.0 Å². The first kappa shape index (κ1) is 14.0. The molecule has 1 aromatic rings. The summed E-state index contributed by atoms with van der Waals surface area (Å²) in [6, 6.07) is 6.38. The van der Waals surface area contributed by atoms with Crippen LogP contribution in [0, 0.1) is 5.82 Å². The number of nitrogens with zero attached hydrogens (tertiary/aromatic N) is 1. The number of likely N-dealkylation sites (N-methyl/N-ethyl adjacent to an activating group) is 1. The normalized spacial score (nSPS) is 19.2. The first-order valence-electron chi connectivity index (χ1n) is 6.97. The van der Waals surface area contributed by atoms with E-state index in [2.05, 4.69) is 5.32 Å². The summed E-state index contributed by atoms with van der Waals surface area (Å²) in [5, 5.41) is 3.27. The van der Waals surface area contributed by atoms with Crippen LogP contribution in [0.2, 0.25) is 0 Å². The second-order valence-electron chi connectivity index (χ2n) is 4.98. The van der Waals surface area contributed by atoms with E-state index >= 15 is 0 Å². The number of hydrogen-bond acceptors (Lipinski definition) is 2. The minimum Gasteiger partial charge on any atom is -0.337 e. The molecule has 1 amide bonds. The van der Waals surface area contributed by atoms with Crippen molar-refractivity contribution in [2.45, 2.75) is 38.8 Å². The summed E-state index contributed by atoms with van der Waals surface area (Å²) in [7, 11) is 0. The third-order valence-electron chi connectivity index (χ3n) is 3.56. The van der Waals surface area contributed by atoms with E-state index < -0.39 is 0 Å². The Morgan fingerprint density at radius 2 is 2.32 bits per heavy atom. The van der Waals surface area contributed by atoms with E-state index in [1.54, 1.807) is 11.0 Å². The lowest BCUT2D eigenvalue weighted by atomic mass is 10.0. The molecule has 1 fully saturated rings. The Kier molecular flexibility index (Phi) is 4.91. The minimum atomic E-state index is -0.253. The van der Waals surface area contributed by atoms with Gasteiger partial charge in [-0.3, -0.25) is 4.79 Å². The molecule has 0 saturated carbocycles. The van der Waals surface area contributed by atoms with Crippen molar-refractivity contribution in [1.82, 2.24) is 10.2 Å². The van der Waals surface area contributed by atoms with Crippen LogP contribution in [-0.4, -0.2) is 29.9 Å². The second kappa shape index (κ2) is 6.66. The van der Waals surface area contributed by atoms with Crippen LogP contribution in [0.25, 0.3) is 0 Å². The Morgan fingerprint density at radius 1 is 1.47 bits per heavy atom. The maximum Gasteiger partial charge on any atom is 0.239 e. The summed E-state index contributed by atoms with van der Waals surface area (Å²) >= 11 is 0. The Morgan fingerprint density at radius 3 is 2.95 bits per heavy atom. The van der Waals surface area contributed by atoms with Gasteiger partial charge in [-0.15, -0.1) is 0 Å². The Labute approximate surface area is 113 Å². The van der Waals surface area contributed by atoms with Crippen LogP contribution in [0.4, 0.5) is 4.39 Å². The molecule has 1 aliphatic heterocycles. The van der Waals surface area contributed by atoms with Gasteiger partial charge in [-0.25, -0.2) is 4.39 Å². The number of amides is 1. The molecule has 1 saturated heterocycles. The Balaban J connectivity index is 2.00. The molecule has 104 valence electrons. The van der Waals surface area contributed by atoms with Crippen LogP contribution >= 0.6 is 0 Å². The lowest BCUT2D eigenvalue weighted by Crippen LogP contribution is -2.48. The van der Waals surface area contributed by atoms with E-state index in [0.29, 0.717) is 13.1 Å². The van der Waals surface area contributed by atoms with E-state index in [4.69, 9.17) is 0 Å². The SMILES string of the molecule is CCN(Cc1cccc(F)c1)C(=O)[C@H]1CCCCN1. The standard InChI is InChI=1S/C15H21FN2O/c1-2-18(11-12-6-5-7-13(16)10-12)15(19)14-8-3-4-9-17-14/h5-7,10,14,17H,2-4,8-9,11H2,1H3/t14-/m1/s1. The third-order valence-corrected chi connectivity index (χ3v) is 3.56. The van der Waals surface area contributed by atoms with Gasteiger partial charge in [0.15, 0.2) is 0 Å². The number of halogens is 1. The molecule has 0 radical (unpaired) electrons. The van der Waals surface area contributed by atoms with E-state index in [0.717, 1.165) is 31.4 Å². The van der Waals surface area contributed by atoms with Crippen molar-refractivity contribution in [2.75, 3.05) is 13.1 Å². The first-order chi connectivity index (χ1) is 9.20. The largest absolute Gasteiger partial charge is 0.337 e. The first-order valence-corrected chi connectivity index (χ1v) is 6.97. The fraction of sp³-hybridized carbons (Fsp3) is 0.533. The fourth-order valence-corrected chi connectivity index (χ4v) is 2.48. The van der Waals surface area contributed by atoms with Gasteiger partial charge < -0.3 is 10.2 Å². The molecular formula is C15H21FN2O. The van der Waals surface area contributed by atoms with Gasteiger partial charge in [-0.1, -0.05) is 18.6 Å². The summed E-state index contributed by atoms with van der Waals surface area (Å²) in [5.41, 5.74) is 0.839. The van der Waals surface area contributed by atoms with Crippen LogP contribution < -0.4 is 5.32 Å². The molecule has 4 heteroatoms. The molecule has 2 rings (SSSR count). The summed E-state index contributed by atoms with van der Waals surface area (Å²) in [6.07, 6.45) is 3.14. The molecule has 0 aliphatic carbocycles. The highest BCUT2D eigenvalue weighted by atomic mass is 19.1. The average molecular weight is 264 g/mol. The maximum absolute atomic E-state index is 13.2. The van der Waals surface area contributed by atoms with Crippen molar-refractivity contribution in [3.8, 4) is 0 Å². The molecule has 1 aromatic carbocycles. The number of nitrogens with one attached hydrogen (secondary N) is 1. The molecule has 0 bridgehead atoms. The van der Waals surface area contributed by atoms with Gasteiger partial charge in [0.1, 0.15) is 5.82 Å². The van der Waals surface area contributed by atoms with Gasteiger partial charge in [-0.2, -0.15) is 0 Å². The monoisotopic (exact) mass is 264 g/mol. The van der Waals surface area contributed by atoms with Crippen LogP contribution in [-0.2, 0) is 11.3 Å². The number of carbonyl (C=O) groups excluding carboxylic acids is 1. The number of hydrogen-bond donors (Lipinski definition) is 1. The fourth-order valence-electron chi connectivity index (χ4n) is 2.48. The summed E-state index contributed by atoms with van der Waals surface area (Å²) in [4.78, 5) is 14.2. The molecular weight excluding hydrogens is 243 g/mol. The molecule has 1 N–H and O–H groups in total. The van der Waals surface area contributed by atoms with Crippen molar-refractivity contribution in [1.29, 1.82) is 0 Å². The van der Waals surface area contributed by atoms with Gasteiger partial charge in [0.05, 0.1) is 6.04 Å². The van der Waals surface area contributed by atoms with Crippen molar-refractivity contribution in [3.63, 3.8) is 0 Å². The van der Waals surface area contributed by atoms with E-state index in [1.165, 1.54) is 12.1 Å². The van der Waals surface area contributed by atoms with E-state index in [9.17, 15) is 9.18 Å². The highest BCUT2D eigenvalue weighted by molar-refractivity contribution is 5.82. The second-order valence-corrected chi connectivity index (χ2v) is 4.98. The van der Waals surface area contributed by atoms with Crippen molar-refractivity contribution >= 4 is 5.91 Å². The Bertz CT molecular complexity index is 430. The van der Waals surface area contributed by atoms with Crippen molar-refractivity contribution in [2.24, 2.45) is 0 Å². The van der Waals surface area contributed by atoms with Crippen molar-refractivity contribution < 1.29 is 9.18 Å². The molecule has 1 atom stereocenters. The molecule has 0 aromatic heterocycles. The minimum absolute atomic E-state index is 0.0674. The topological polar surface area (TPSA) is 32.3 Å². The summed E-state index contributed by atoms with van der Waals surface area (Å²) in [6.45, 7) is 3.99. The average Bonchev–Trinajstić information content (AvgIpc) is 2.45. The number of piperidine rings is 1. The predicted molar refractivity (Wildman–Crippen MR) is 73.1 cm³/mol. The number of rotatable bonds is 4. The van der Waals surface area contributed by atoms with Crippen molar-refractivity contribution in [3.05, 3.63) is 35.6 Å². The molecule has 0 spiro atoms. The quantitative estimate of drug-likeness (QED) is 0.905. The van der Waals surface area contributed by atoms with Crippen LogP contribution in [0.5, 0.6) is 0 Å². The lowest BCUT2D eigenvalue weighted by molar-refractivity contribution is -0.134. The predicted octanol–water partition coefficient (Wildman–Crippen LogP) is 2.32. The molecule has 19 heavy (non-hydrogen) atoms. The lowest BCUT2D eigenvalue weighted by Gasteiger charge is -2.29. The molecule has 1 aliphatic rings. The zero-order valence-electron chi connectivity index (χ0n) is 11.4. The number of benzene rings is 1. The summed E-state index contributed by atoms with van der Waals surface area (Å²) < 4.78 is 13.2. The van der Waals surface area contributed by atoms with Gasteiger partial charge in [0, 0.05) is 13.1 Å². The zero-order valence-corrected chi connectivity index (χ0v) is 11.4. The Hall–Kier alpha value is -1.42. The highest BCUT2D eigenvalue weighted by Crippen LogP contribution is 2.13. The van der Waals surface area contributed by atoms with Crippen LogP contribution in [0.3, 0.4) is 0 Å². The third kappa shape index (κ3) is 3.77. The van der Waals surface area contributed by atoms with Gasteiger partial charge in [-0.05, 0) is 44.0 Å². The van der Waals surface area contributed by atoms with Gasteiger partial charge in [0.2, 0.25) is 5.91 Å². The maximum atomic E-state index is 13.2. The summed E-state index contributed by atoms with van der Waals surface area (Å²) in [5.74, 6) is -0.122. The van der Waals surface area contributed by atoms with Gasteiger partial charge in [0.25, 0.3) is 0 Å². The highest BCUT2D eigenvalue weighted by Gasteiger charge is 2.24. The molecule has 1 heterocycles.